The lowest BCUT2D eigenvalue weighted by Crippen LogP contribution is -2.22. The van der Waals surface area contributed by atoms with Gasteiger partial charge in [0.1, 0.15) is 0 Å². The van der Waals surface area contributed by atoms with Gasteiger partial charge in [-0.25, -0.2) is 0 Å². The number of carbonyl (C=O) groups excluding carboxylic acids is 1. The zero-order valence-corrected chi connectivity index (χ0v) is 12.4. The largest absolute Gasteiger partial charge is 0.480 e. The molecule has 0 aromatic heterocycles. The molecule has 0 fully saturated rings. The lowest BCUT2D eigenvalue weighted by molar-refractivity contribution is -0.136. The summed E-state index contributed by atoms with van der Waals surface area (Å²) in [6.45, 7) is 0.106. The van der Waals surface area contributed by atoms with Crippen LogP contribution in [0.5, 0.6) is 0 Å². The van der Waals surface area contributed by atoms with E-state index in [0.717, 1.165) is 0 Å². The highest BCUT2D eigenvalue weighted by Gasteiger charge is 2.11. The number of hydrogen-bond acceptors (Lipinski definition) is 4. The van der Waals surface area contributed by atoms with Gasteiger partial charge in [0.15, 0.2) is 5.78 Å². The third-order valence-electron chi connectivity index (χ3n) is 3.10. The minimum Gasteiger partial charge on any atom is -0.480 e. The van der Waals surface area contributed by atoms with Crippen LogP contribution >= 0.6 is 11.6 Å². The predicted octanol–water partition coefficient (Wildman–Crippen LogP) is 2.33. The highest BCUT2D eigenvalue weighted by atomic mass is 35.5. The molecular formula is C16H15ClN2O3. The topological polar surface area (TPSA) is 92.4 Å². The maximum absolute atomic E-state index is 12.4. The van der Waals surface area contributed by atoms with Crippen molar-refractivity contribution >= 4 is 29.0 Å². The molecule has 2 aromatic carbocycles. The van der Waals surface area contributed by atoms with Crippen molar-refractivity contribution in [3.8, 4) is 0 Å². The Morgan fingerprint density at radius 2 is 1.73 bits per heavy atom. The summed E-state index contributed by atoms with van der Waals surface area (Å²) in [5, 5.41) is 11.9. The molecule has 0 spiro atoms. The number of benzene rings is 2. The zero-order valence-electron chi connectivity index (χ0n) is 11.7. The fourth-order valence-corrected chi connectivity index (χ4v) is 2.10. The number of halogens is 1. The van der Waals surface area contributed by atoms with Crippen molar-refractivity contribution in [3.05, 3.63) is 64.2 Å². The van der Waals surface area contributed by atoms with Crippen LogP contribution in [0.15, 0.2) is 42.5 Å². The molecule has 0 bridgehead atoms. The van der Waals surface area contributed by atoms with E-state index in [-0.39, 0.29) is 18.9 Å². The first-order chi connectivity index (χ1) is 10.5. The van der Waals surface area contributed by atoms with Gasteiger partial charge >= 0.3 is 5.97 Å². The average molecular weight is 319 g/mol. The minimum atomic E-state index is -0.952. The van der Waals surface area contributed by atoms with Crippen molar-refractivity contribution in [2.24, 2.45) is 0 Å². The fourth-order valence-electron chi connectivity index (χ4n) is 1.97. The monoisotopic (exact) mass is 318 g/mol. The molecule has 0 amide bonds. The highest BCUT2D eigenvalue weighted by molar-refractivity contribution is 6.30. The summed E-state index contributed by atoms with van der Waals surface area (Å²) in [5.41, 5.74) is 8.05. The first kappa shape index (κ1) is 16.0. The predicted molar refractivity (Wildman–Crippen MR) is 85.1 cm³/mol. The molecule has 4 N–H and O–H groups in total. The summed E-state index contributed by atoms with van der Waals surface area (Å²) in [4.78, 5) is 22.9. The first-order valence-electron chi connectivity index (χ1n) is 6.58. The Bertz CT molecular complexity index is 699. The molecule has 0 aliphatic heterocycles. The van der Waals surface area contributed by atoms with E-state index in [4.69, 9.17) is 22.4 Å². The minimum absolute atomic E-state index is 0.142. The van der Waals surface area contributed by atoms with E-state index in [1.807, 2.05) is 0 Å². The number of nitrogens with one attached hydrogen (secondary N) is 1. The summed E-state index contributed by atoms with van der Waals surface area (Å²) in [6, 6.07) is 11.6. The van der Waals surface area contributed by atoms with Gasteiger partial charge in [-0.15, -0.1) is 0 Å². The SMILES string of the molecule is Nc1ccc(C(=O)c2ccc(Cl)cc2)cc1CNCC(=O)O. The van der Waals surface area contributed by atoms with Crippen LogP contribution in [0.25, 0.3) is 0 Å². The molecule has 0 aliphatic rings. The van der Waals surface area contributed by atoms with Gasteiger partial charge in [0.05, 0.1) is 6.54 Å². The van der Waals surface area contributed by atoms with Crippen LogP contribution in [0.4, 0.5) is 5.69 Å². The molecule has 6 heteroatoms. The van der Waals surface area contributed by atoms with Crippen LogP contribution in [0.1, 0.15) is 21.5 Å². The van der Waals surface area contributed by atoms with Crippen molar-refractivity contribution in [1.29, 1.82) is 0 Å². The molecule has 22 heavy (non-hydrogen) atoms. The fraction of sp³-hybridized carbons (Fsp3) is 0.125. The number of aliphatic carboxylic acids is 1. The van der Waals surface area contributed by atoms with Gasteiger partial charge in [-0.3, -0.25) is 9.59 Å². The number of carboxylic acids is 1. The molecule has 0 radical (unpaired) electrons. The average Bonchev–Trinajstić information content (AvgIpc) is 2.49. The van der Waals surface area contributed by atoms with Crippen LogP contribution in [-0.2, 0) is 11.3 Å². The number of rotatable bonds is 6. The van der Waals surface area contributed by atoms with Gasteiger partial charge < -0.3 is 16.2 Å². The Labute approximate surface area is 132 Å². The summed E-state index contributed by atoms with van der Waals surface area (Å²) < 4.78 is 0. The summed E-state index contributed by atoms with van der Waals surface area (Å²) in [6.07, 6.45) is 0. The quantitative estimate of drug-likeness (QED) is 0.561. The Kier molecular flexibility index (Phi) is 5.14. The van der Waals surface area contributed by atoms with Gasteiger partial charge in [-0.05, 0) is 48.0 Å². The molecule has 0 saturated heterocycles. The lowest BCUT2D eigenvalue weighted by Gasteiger charge is -2.09. The number of carboxylic acid groups (broad SMARTS) is 1. The molecule has 0 aliphatic carbocycles. The molecule has 0 heterocycles. The van der Waals surface area contributed by atoms with Gasteiger partial charge in [-0.2, -0.15) is 0 Å². The van der Waals surface area contributed by atoms with Gasteiger partial charge in [0, 0.05) is 28.4 Å². The van der Waals surface area contributed by atoms with E-state index in [1.54, 1.807) is 42.5 Å². The Morgan fingerprint density at radius 1 is 1.09 bits per heavy atom. The second-order valence-electron chi connectivity index (χ2n) is 4.75. The molecule has 0 saturated carbocycles. The summed E-state index contributed by atoms with van der Waals surface area (Å²) in [5.74, 6) is -1.09. The number of ketones is 1. The summed E-state index contributed by atoms with van der Waals surface area (Å²) >= 11 is 5.81. The molecule has 0 atom stereocenters. The maximum Gasteiger partial charge on any atom is 0.317 e. The van der Waals surface area contributed by atoms with E-state index in [2.05, 4.69) is 5.32 Å². The molecule has 114 valence electrons. The second kappa shape index (κ2) is 7.06. The molecule has 2 rings (SSSR count). The molecule has 2 aromatic rings. The van der Waals surface area contributed by atoms with Crippen LogP contribution in [-0.4, -0.2) is 23.4 Å². The van der Waals surface area contributed by atoms with E-state index < -0.39 is 5.97 Å². The smallest absolute Gasteiger partial charge is 0.317 e. The molecule has 5 nitrogen and oxygen atoms in total. The van der Waals surface area contributed by atoms with Gasteiger partial charge in [0.25, 0.3) is 0 Å². The van der Waals surface area contributed by atoms with Crippen molar-refractivity contribution in [1.82, 2.24) is 5.32 Å². The zero-order chi connectivity index (χ0) is 16.1. The Balaban J connectivity index is 2.19. The maximum atomic E-state index is 12.4. The number of carbonyl (C=O) groups is 2. The number of anilines is 1. The van der Waals surface area contributed by atoms with Crippen molar-refractivity contribution in [2.45, 2.75) is 6.54 Å². The number of nitrogen functional groups attached to an aromatic ring is 1. The molecular weight excluding hydrogens is 304 g/mol. The Hall–Kier alpha value is -2.37. The van der Waals surface area contributed by atoms with Crippen LogP contribution in [0.3, 0.4) is 0 Å². The van der Waals surface area contributed by atoms with E-state index in [0.29, 0.717) is 27.4 Å². The standard InChI is InChI=1S/C16H15ClN2O3/c17-13-4-1-10(2-5-13)16(22)11-3-6-14(18)12(7-11)8-19-9-15(20)21/h1-7,19H,8-9,18H2,(H,20,21). The van der Waals surface area contributed by atoms with E-state index >= 15 is 0 Å². The highest BCUT2D eigenvalue weighted by Crippen LogP contribution is 2.18. The number of hydrogen-bond donors (Lipinski definition) is 3. The third-order valence-corrected chi connectivity index (χ3v) is 3.36. The van der Waals surface area contributed by atoms with Crippen molar-refractivity contribution in [3.63, 3.8) is 0 Å². The van der Waals surface area contributed by atoms with E-state index in [9.17, 15) is 9.59 Å². The van der Waals surface area contributed by atoms with Crippen LogP contribution in [0, 0.1) is 0 Å². The Morgan fingerprint density at radius 3 is 2.36 bits per heavy atom. The summed E-state index contributed by atoms with van der Waals surface area (Å²) in [7, 11) is 0. The molecule has 0 unspecified atom stereocenters. The first-order valence-corrected chi connectivity index (χ1v) is 6.96. The van der Waals surface area contributed by atoms with Gasteiger partial charge in [0.2, 0.25) is 0 Å². The third kappa shape index (κ3) is 4.07. The van der Waals surface area contributed by atoms with Gasteiger partial charge in [-0.1, -0.05) is 11.6 Å². The normalized spacial score (nSPS) is 10.4. The van der Waals surface area contributed by atoms with Crippen molar-refractivity contribution in [2.75, 3.05) is 12.3 Å². The van der Waals surface area contributed by atoms with Crippen LogP contribution in [0.2, 0.25) is 5.02 Å². The number of nitrogens with two attached hydrogens (primary N) is 1. The van der Waals surface area contributed by atoms with E-state index in [1.165, 1.54) is 0 Å². The lowest BCUT2D eigenvalue weighted by atomic mass is 10.0. The second-order valence-corrected chi connectivity index (χ2v) is 5.18. The van der Waals surface area contributed by atoms with Crippen molar-refractivity contribution < 1.29 is 14.7 Å². The van der Waals surface area contributed by atoms with Crippen LogP contribution < -0.4 is 11.1 Å².